The van der Waals surface area contributed by atoms with Crippen molar-refractivity contribution in [3.05, 3.63) is 98.6 Å². The third-order valence-electron chi connectivity index (χ3n) is 5.61. The normalized spacial score (nSPS) is 11.3. The van der Waals surface area contributed by atoms with E-state index in [9.17, 15) is 14.2 Å². The van der Waals surface area contributed by atoms with E-state index in [1.807, 2.05) is 65.8 Å². The lowest BCUT2D eigenvalue weighted by Gasteiger charge is -2.11. The van der Waals surface area contributed by atoms with Gasteiger partial charge < -0.3 is 0 Å². The zero-order valence-electron chi connectivity index (χ0n) is 18.3. The third kappa shape index (κ3) is 3.91. The largest absolute Gasteiger partial charge is 0.459 e. The molecule has 1 atom stereocenters. The molecule has 4 heteroatoms. The predicted molar refractivity (Wildman–Crippen MR) is 123 cm³/mol. The van der Waals surface area contributed by atoms with Crippen LogP contribution in [0.5, 0.6) is 0 Å². The lowest BCUT2D eigenvalue weighted by molar-refractivity contribution is 0.103. The van der Waals surface area contributed by atoms with Gasteiger partial charge in [-0.25, -0.2) is 4.79 Å². The highest BCUT2D eigenvalue weighted by atomic mass is 31.1. The Kier molecular flexibility index (Phi) is 6.14. The third-order valence-corrected chi connectivity index (χ3v) is 7.03. The van der Waals surface area contributed by atoms with Crippen molar-refractivity contribution in [2.24, 2.45) is 0 Å². The van der Waals surface area contributed by atoms with Gasteiger partial charge in [0.25, 0.3) is 0 Å². The highest BCUT2D eigenvalue weighted by molar-refractivity contribution is 7.71. The highest BCUT2D eigenvalue weighted by Gasteiger charge is 2.38. The van der Waals surface area contributed by atoms with Gasteiger partial charge in [-0.3, -0.25) is 4.79 Å². The fraction of sp³-hybridized carbons (Fsp3) is 0.231. The van der Waals surface area contributed by atoms with Crippen molar-refractivity contribution in [2.75, 3.05) is 0 Å². The molecule has 0 bridgehead atoms. The Balaban J connectivity index is 2.11. The fourth-order valence-corrected chi connectivity index (χ4v) is 5.40. The molecule has 0 aromatic heterocycles. The van der Waals surface area contributed by atoms with E-state index >= 15 is 0 Å². The summed E-state index contributed by atoms with van der Waals surface area (Å²) >= 11 is 0. The summed E-state index contributed by atoms with van der Waals surface area (Å²) in [6, 6.07) is 14.5. The van der Waals surface area contributed by atoms with Crippen molar-refractivity contribution in [3.8, 4) is 0 Å². The van der Waals surface area contributed by atoms with E-state index in [0.717, 1.165) is 33.4 Å². The molecule has 1 unspecified atom stereocenters. The molecule has 30 heavy (non-hydrogen) atoms. The number of hydrogen-bond donors (Lipinski definition) is 0. The van der Waals surface area contributed by atoms with E-state index in [0.29, 0.717) is 22.0 Å². The molecule has 0 heterocycles. The Morgan fingerprint density at radius 1 is 0.700 bits per heavy atom. The van der Waals surface area contributed by atoms with Gasteiger partial charge in [0, 0.05) is 5.56 Å². The van der Waals surface area contributed by atoms with Crippen LogP contribution in [0.1, 0.15) is 59.7 Å². The van der Waals surface area contributed by atoms with Gasteiger partial charge in [-0.2, -0.15) is 0 Å². The van der Waals surface area contributed by atoms with Crippen LogP contribution in [0.2, 0.25) is 0 Å². The van der Waals surface area contributed by atoms with Crippen LogP contribution in [-0.4, -0.2) is 11.3 Å². The smallest absolute Gasteiger partial charge is 0.288 e. The van der Waals surface area contributed by atoms with E-state index in [-0.39, 0.29) is 5.78 Å². The van der Waals surface area contributed by atoms with Crippen molar-refractivity contribution >= 4 is 24.4 Å². The maximum Gasteiger partial charge on any atom is 0.459 e. The summed E-state index contributed by atoms with van der Waals surface area (Å²) in [7, 11) is -2.44. The zero-order valence-corrected chi connectivity index (χ0v) is 19.2. The van der Waals surface area contributed by atoms with E-state index < -0.39 is 13.3 Å². The molecule has 3 nitrogen and oxygen atoms in total. The van der Waals surface area contributed by atoms with Crippen LogP contribution in [0.25, 0.3) is 0 Å². The summed E-state index contributed by atoms with van der Waals surface area (Å²) in [5.74, 6) is -0.196. The Labute approximate surface area is 178 Å². The van der Waals surface area contributed by atoms with Gasteiger partial charge in [-0.15, -0.1) is 0 Å². The fourth-order valence-electron chi connectivity index (χ4n) is 4.01. The summed E-state index contributed by atoms with van der Waals surface area (Å²) in [5.41, 5.74) is 6.43. The molecule has 0 fully saturated rings. The van der Waals surface area contributed by atoms with Crippen LogP contribution in [0.4, 0.5) is 0 Å². The first-order valence-electron chi connectivity index (χ1n) is 9.93. The number of carbonyl (C=O) groups excluding carboxylic acids is 2. The number of benzene rings is 3. The molecule has 0 N–H and O–H groups in total. The molecule has 0 aliphatic heterocycles. The van der Waals surface area contributed by atoms with Crippen LogP contribution >= 0.6 is 7.80 Å². The number of rotatable bonds is 5. The molecular weight excluding hydrogens is 391 g/mol. The molecule has 3 rings (SSSR count). The van der Waals surface area contributed by atoms with Crippen LogP contribution in [0.15, 0.2) is 48.5 Å². The summed E-state index contributed by atoms with van der Waals surface area (Å²) in [4.78, 5) is 26.7. The average molecular weight is 417 g/mol. The monoisotopic (exact) mass is 417 g/mol. The van der Waals surface area contributed by atoms with E-state index in [1.54, 1.807) is 24.3 Å². The Morgan fingerprint density at radius 2 is 1.27 bits per heavy atom. The minimum absolute atomic E-state index is 0.196. The van der Waals surface area contributed by atoms with Gasteiger partial charge >= 0.3 is 13.3 Å². The molecule has 0 spiro atoms. The molecule has 0 amide bonds. The first kappa shape index (κ1) is 21.8. The standard InChI is InChI=1S/C26H26O3P/c1-15-13-18(4)23(19(5)14-15)26(28)30(29)22-10-8-7-9-21(22)25(27)24-17(3)12-11-16(2)20(24)6/h7-14H,1-6H3/q+1. The Hall–Kier alpha value is -2.90. The first-order valence-corrected chi connectivity index (χ1v) is 11.2. The van der Waals surface area contributed by atoms with Gasteiger partial charge in [-0.05, 0) is 81.5 Å². The van der Waals surface area contributed by atoms with Gasteiger partial charge in [0.2, 0.25) is 5.30 Å². The van der Waals surface area contributed by atoms with Crippen molar-refractivity contribution in [1.82, 2.24) is 0 Å². The Morgan fingerprint density at radius 3 is 1.90 bits per heavy atom. The SMILES string of the molecule is Cc1cc(C)c(C(=O)[P+](=O)c2ccccc2C(=O)c2c(C)ccc(C)c2C)c(C)c1. The molecular formula is C26H26O3P+. The minimum Gasteiger partial charge on any atom is -0.288 e. The quantitative estimate of drug-likeness (QED) is 0.374. The minimum atomic E-state index is -2.44. The average Bonchev–Trinajstić information content (AvgIpc) is 2.69. The number of ketones is 1. The molecule has 0 saturated carbocycles. The van der Waals surface area contributed by atoms with Gasteiger partial charge in [0.05, 0.1) is 11.1 Å². The maximum absolute atomic E-state index is 13.5. The topological polar surface area (TPSA) is 51.2 Å². The molecule has 0 saturated heterocycles. The summed E-state index contributed by atoms with van der Waals surface area (Å²) < 4.78 is 13.4. The van der Waals surface area contributed by atoms with Crippen molar-refractivity contribution < 1.29 is 14.2 Å². The van der Waals surface area contributed by atoms with Crippen LogP contribution in [0.3, 0.4) is 0 Å². The van der Waals surface area contributed by atoms with Crippen LogP contribution in [0, 0.1) is 41.5 Å². The van der Waals surface area contributed by atoms with Crippen molar-refractivity contribution in [2.45, 2.75) is 41.5 Å². The summed E-state index contributed by atoms with van der Waals surface area (Å²) in [6.07, 6.45) is 0. The van der Waals surface area contributed by atoms with E-state index in [4.69, 9.17) is 0 Å². The predicted octanol–water partition coefficient (Wildman–Crippen LogP) is 6.06. The summed E-state index contributed by atoms with van der Waals surface area (Å²) in [6.45, 7) is 11.5. The molecule has 3 aromatic carbocycles. The molecule has 3 aromatic rings. The second-order valence-corrected chi connectivity index (χ2v) is 9.40. The number of hydrogen-bond acceptors (Lipinski definition) is 3. The zero-order chi connectivity index (χ0) is 22.2. The molecule has 0 aliphatic rings. The van der Waals surface area contributed by atoms with Crippen LogP contribution in [-0.2, 0) is 4.57 Å². The van der Waals surface area contributed by atoms with Crippen molar-refractivity contribution in [1.29, 1.82) is 0 Å². The van der Waals surface area contributed by atoms with Crippen LogP contribution < -0.4 is 5.30 Å². The van der Waals surface area contributed by atoms with Crippen molar-refractivity contribution in [3.63, 3.8) is 0 Å². The maximum atomic E-state index is 13.5. The first-order chi connectivity index (χ1) is 14.1. The number of aryl methyl sites for hydroxylation is 5. The van der Waals surface area contributed by atoms with Gasteiger partial charge in [-0.1, -0.05) is 46.5 Å². The highest BCUT2D eigenvalue weighted by Crippen LogP contribution is 2.32. The van der Waals surface area contributed by atoms with Gasteiger partial charge in [0.15, 0.2) is 5.78 Å². The summed E-state index contributed by atoms with van der Waals surface area (Å²) in [5, 5.41) is 0.294. The van der Waals surface area contributed by atoms with E-state index in [1.165, 1.54) is 0 Å². The molecule has 0 radical (unpaired) electrons. The van der Waals surface area contributed by atoms with Gasteiger partial charge in [0.1, 0.15) is 0 Å². The lowest BCUT2D eigenvalue weighted by Crippen LogP contribution is -2.18. The number of carbonyl (C=O) groups is 2. The Bertz CT molecular complexity index is 1180. The second kappa shape index (κ2) is 8.45. The lowest BCUT2D eigenvalue weighted by atomic mass is 9.92. The van der Waals surface area contributed by atoms with E-state index in [2.05, 4.69) is 0 Å². The molecule has 0 aliphatic carbocycles. The molecule has 152 valence electrons. The second-order valence-electron chi connectivity index (χ2n) is 7.92.